The fourth-order valence-corrected chi connectivity index (χ4v) is 4.77. The molecule has 0 saturated carbocycles. The van der Waals surface area contributed by atoms with Gasteiger partial charge in [-0.25, -0.2) is 0 Å². The van der Waals surface area contributed by atoms with Crippen LogP contribution in [-0.4, -0.2) is 29.0 Å². The first kappa shape index (κ1) is 28.2. The van der Waals surface area contributed by atoms with Crippen LogP contribution in [0.3, 0.4) is 0 Å². The standard InChI is InChI=1S/C28H53NO2/c1-7-8-9-10-11-12-13-14-15-16-17-18-19-20-21-22-26(30)31-25-23-27(2,3)29(6)28(4,5)24-25/h23H,7-22,24H2,1-6H3. The third-order valence-electron chi connectivity index (χ3n) is 7.12. The molecule has 182 valence electrons. The number of rotatable bonds is 17. The normalized spacial score (nSPS) is 18.1. The second-order valence-corrected chi connectivity index (χ2v) is 11.0. The van der Waals surface area contributed by atoms with Gasteiger partial charge in [-0.3, -0.25) is 9.69 Å². The van der Waals surface area contributed by atoms with E-state index >= 15 is 0 Å². The molecule has 0 aromatic carbocycles. The Bertz CT molecular complexity index is 521. The van der Waals surface area contributed by atoms with Gasteiger partial charge in [0, 0.05) is 23.9 Å². The van der Waals surface area contributed by atoms with Gasteiger partial charge < -0.3 is 4.74 Å². The second kappa shape index (κ2) is 15.1. The topological polar surface area (TPSA) is 29.5 Å². The average Bonchev–Trinajstić information content (AvgIpc) is 2.68. The highest BCUT2D eigenvalue weighted by Crippen LogP contribution is 2.36. The average molecular weight is 436 g/mol. The summed E-state index contributed by atoms with van der Waals surface area (Å²) in [6.45, 7) is 11.1. The van der Waals surface area contributed by atoms with Crippen LogP contribution in [-0.2, 0) is 9.53 Å². The minimum atomic E-state index is -0.0913. The molecule has 1 rings (SSSR count). The van der Waals surface area contributed by atoms with Crippen molar-refractivity contribution in [2.45, 2.75) is 155 Å². The van der Waals surface area contributed by atoms with Crippen LogP contribution >= 0.6 is 0 Å². The van der Waals surface area contributed by atoms with Crippen LogP contribution in [0.2, 0.25) is 0 Å². The minimum absolute atomic E-state index is 0.00248. The highest BCUT2D eigenvalue weighted by molar-refractivity contribution is 5.70. The molecule has 0 aromatic rings. The van der Waals surface area contributed by atoms with Gasteiger partial charge in [-0.05, 0) is 47.2 Å². The van der Waals surface area contributed by atoms with Crippen molar-refractivity contribution in [3.8, 4) is 0 Å². The lowest BCUT2D eigenvalue weighted by Crippen LogP contribution is -2.55. The number of hydrogen-bond donors (Lipinski definition) is 0. The number of hydrogen-bond acceptors (Lipinski definition) is 3. The van der Waals surface area contributed by atoms with Gasteiger partial charge in [-0.15, -0.1) is 0 Å². The van der Waals surface area contributed by atoms with Crippen molar-refractivity contribution in [1.82, 2.24) is 4.90 Å². The number of likely N-dealkylation sites (N-methyl/N-ethyl adjacent to an activating group) is 1. The predicted molar refractivity (Wildman–Crippen MR) is 134 cm³/mol. The molecule has 0 aromatic heterocycles. The Morgan fingerprint density at radius 3 is 1.65 bits per heavy atom. The summed E-state index contributed by atoms with van der Waals surface area (Å²) < 4.78 is 5.73. The zero-order valence-electron chi connectivity index (χ0n) is 21.9. The van der Waals surface area contributed by atoms with Crippen LogP contribution in [0.1, 0.15) is 144 Å². The van der Waals surface area contributed by atoms with Crippen molar-refractivity contribution in [1.29, 1.82) is 0 Å². The summed E-state index contributed by atoms with van der Waals surface area (Å²) in [7, 11) is 2.14. The molecule has 31 heavy (non-hydrogen) atoms. The number of carbonyl (C=O) groups excluding carboxylic acids is 1. The van der Waals surface area contributed by atoms with E-state index in [1.54, 1.807) is 0 Å². The summed E-state index contributed by atoms with van der Waals surface area (Å²) in [5, 5.41) is 0. The van der Waals surface area contributed by atoms with Crippen molar-refractivity contribution in [2.24, 2.45) is 0 Å². The minimum Gasteiger partial charge on any atom is -0.431 e. The maximum absolute atomic E-state index is 12.3. The molecule has 3 nitrogen and oxygen atoms in total. The predicted octanol–water partition coefficient (Wildman–Crippen LogP) is 8.57. The molecule has 0 N–H and O–H groups in total. The van der Waals surface area contributed by atoms with Crippen molar-refractivity contribution in [3.05, 3.63) is 11.8 Å². The first-order valence-corrected chi connectivity index (χ1v) is 13.4. The summed E-state index contributed by atoms with van der Waals surface area (Å²) in [5.41, 5.74) is -0.0888. The van der Waals surface area contributed by atoms with E-state index in [2.05, 4.69) is 52.6 Å². The Hall–Kier alpha value is -0.830. The Morgan fingerprint density at radius 1 is 0.806 bits per heavy atom. The first-order valence-electron chi connectivity index (χ1n) is 13.4. The van der Waals surface area contributed by atoms with Gasteiger partial charge in [0.2, 0.25) is 0 Å². The fraction of sp³-hybridized carbons (Fsp3) is 0.893. The zero-order chi connectivity index (χ0) is 23.2. The van der Waals surface area contributed by atoms with Gasteiger partial charge in [0.15, 0.2) is 0 Å². The zero-order valence-corrected chi connectivity index (χ0v) is 21.9. The van der Waals surface area contributed by atoms with Crippen LogP contribution in [0, 0.1) is 0 Å². The summed E-state index contributed by atoms with van der Waals surface area (Å²) in [6, 6.07) is 0. The molecule has 1 aliphatic rings. The van der Waals surface area contributed by atoms with E-state index in [-0.39, 0.29) is 17.0 Å². The molecule has 1 heterocycles. The quantitative estimate of drug-likeness (QED) is 0.169. The lowest BCUT2D eigenvalue weighted by Gasteiger charge is -2.48. The number of esters is 1. The molecule has 0 aliphatic carbocycles. The van der Waals surface area contributed by atoms with Gasteiger partial charge in [-0.2, -0.15) is 0 Å². The molecule has 0 atom stereocenters. The third-order valence-corrected chi connectivity index (χ3v) is 7.12. The first-order chi connectivity index (χ1) is 14.7. The van der Waals surface area contributed by atoms with Gasteiger partial charge >= 0.3 is 5.97 Å². The Labute approximate surface area is 194 Å². The fourth-order valence-electron chi connectivity index (χ4n) is 4.77. The molecule has 0 bridgehead atoms. The number of nitrogens with zero attached hydrogens (tertiary/aromatic N) is 1. The molecule has 0 spiro atoms. The van der Waals surface area contributed by atoms with Gasteiger partial charge in [0.05, 0.1) is 0 Å². The van der Waals surface area contributed by atoms with Crippen molar-refractivity contribution < 1.29 is 9.53 Å². The van der Waals surface area contributed by atoms with Gasteiger partial charge in [-0.1, -0.05) is 96.8 Å². The molecular weight excluding hydrogens is 382 g/mol. The van der Waals surface area contributed by atoms with E-state index < -0.39 is 0 Å². The number of ether oxygens (including phenoxy) is 1. The maximum Gasteiger partial charge on any atom is 0.310 e. The highest BCUT2D eigenvalue weighted by Gasteiger charge is 2.39. The highest BCUT2D eigenvalue weighted by atomic mass is 16.5. The van der Waals surface area contributed by atoms with Crippen LogP contribution < -0.4 is 0 Å². The molecule has 0 saturated heterocycles. The van der Waals surface area contributed by atoms with E-state index in [1.807, 2.05) is 0 Å². The molecule has 0 radical (unpaired) electrons. The van der Waals surface area contributed by atoms with Gasteiger partial charge in [0.25, 0.3) is 0 Å². The molecule has 1 aliphatic heterocycles. The lowest BCUT2D eigenvalue weighted by atomic mass is 9.85. The smallest absolute Gasteiger partial charge is 0.310 e. The van der Waals surface area contributed by atoms with Crippen LogP contribution in [0.5, 0.6) is 0 Å². The molecule has 0 amide bonds. The van der Waals surface area contributed by atoms with E-state index in [0.717, 1.165) is 25.0 Å². The molecule has 0 unspecified atom stereocenters. The Kier molecular flexibility index (Phi) is 13.7. The number of unbranched alkanes of at least 4 members (excludes halogenated alkanes) is 14. The van der Waals surface area contributed by atoms with E-state index in [0.29, 0.717) is 6.42 Å². The van der Waals surface area contributed by atoms with E-state index in [4.69, 9.17) is 4.74 Å². The van der Waals surface area contributed by atoms with E-state index in [9.17, 15) is 4.79 Å². The van der Waals surface area contributed by atoms with Crippen molar-refractivity contribution >= 4 is 5.97 Å². The summed E-state index contributed by atoms with van der Waals surface area (Å²) in [4.78, 5) is 14.6. The summed E-state index contributed by atoms with van der Waals surface area (Å²) in [6.07, 6.45) is 23.6. The second-order valence-electron chi connectivity index (χ2n) is 11.0. The molecular formula is C28H53NO2. The van der Waals surface area contributed by atoms with Crippen molar-refractivity contribution in [3.63, 3.8) is 0 Å². The van der Waals surface area contributed by atoms with Crippen molar-refractivity contribution in [2.75, 3.05) is 7.05 Å². The molecule has 3 heteroatoms. The Morgan fingerprint density at radius 2 is 1.23 bits per heavy atom. The molecule has 0 fully saturated rings. The summed E-state index contributed by atoms with van der Waals surface area (Å²) in [5.74, 6) is 0.788. The largest absolute Gasteiger partial charge is 0.431 e. The van der Waals surface area contributed by atoms with E-state index in [1.165, 1.54) is 83.5 Å². The Balaban J connectivity index is 1.99. The maximum atomic E-state index is 12.3. The summed E-state index contributed by atoms with van der Waals surface area (Å²) >= 11 is 0. The SMILES string of the molecule is CCCCCCCCCCCCCCCCCC(=O)OC1=CC(C)(C)N(C)C(C)(C)C1. The third kappa shape index (κ3) is 12.1. The van der Waals surface area contributed by atoms with Gasteiger partial charge in [0.1, 0.15) is 5.76 Å². The van der Waals surface area contributed by atoms with Crippen LogP contribution in [0.4, 0.5) is 0 Å². The van der Waals surface area contributed by atoms with Crippen LogP contribution in [0.25, 0.3) is 0 Å². The monoisotopic (exact) mass is 435 g/mol. The van der Waals surface area contributed by atoms with Crippen LogP contribution in [0.15, 0.2) is 11.8 Å². The number of carbonyl (C=O) groups is 1. The lowest BCUT2D eigenvalue weighted by molar-refractivity contribution is -0.140.